The molecule has 9 nitrogen and oxygen atoms in total. The lowest BCUT2D eigenvalue weighted by molar-refractivity contribution is -0.120. The third kappa shape index (κ3) is 5.30. The number of hydrogen-bond acceptors (Lipinski definition) is 7. The molecule has 0 saturated carbocycles. The molecule has 0 spiro atoms. The number of carbonyl (C=O) groups excluding carboxylic acids is 1. The van der Waals surface area contributed by atoms with Crippen molar-refractivity contribution in [1.82, 2.24) is 10.3 Å². The van der Waals surface area contributed by atoms with Crippen LogP contribution in [0.4, 0.5) is 0 Å². The zero-order valence-corrected chi connectivity index (χ0v) is 20.3. The first-order valence-electron chi connectivity index (χ1n) is 11.4. The number of aromatic amines is 1. The fourth-order valence-corrected chi connectivity index (χ4v) is 4.00. The van der Waals surface area contributed by atoms with E-state index in [1.807, 2.05) is 13.8 Å². The van der Waals surface area contributed by atoms with Gasteiger partial charge in [0.1, 0.15) is 22.8 Å². The topological polar surface area (TPSA) is 125 Å². The Morgan fingerprint density at radius 2 is 1.82 bits per heavy atom. The third-order valence-corrected chi connectivity index (χ3v) is 5.51. The first-order valence-corrected chi connectivity index (χ1v) is 11.4. The van der Waals surface area contributed by atoms with Gasteiger partial charge in [-0.05, 0) is 38.8 Å². The molecule has 1 aliphatic heterocycles. The number of aromatic nitrogens is 1. The number of pyridine rings is 1. The quantitative estimate of drug-likeness (QED) is 0.492. The van der Waals surface area contributed by atoms with E-state index in [1.165, 1.54) is 14.2 Å². The lowest BCUT2D eigenvalue weighted by Crippen LogP contribution is -2.31. The highest BCUT2D eigenvalue weighted by Gasteiger charge is 2.28. The molecule has 2 aromatic rings. The molecule has 0 saturated heterocycles. The van der Waals surface area contributed by atoms with Gasteiger partial charge in [-0.3, -0.25) is 9.59 Å². The van der Waals surface area contributed by atoms with E-state index >= 15 is 0 Å². The van der Waals surface area contributed by atoms with Gasteiger partial charge in [-0.15, -0.1) is 0 Å². The van der Waals surface area contributed by atoms with Crippen molar-refractivity contribution in [2.75, 3.05) is 14.2 Å². The zero-order valence-electron chi connectivity index (χ0n) is 20.3. The standard InChI is InChI=1S/C25H32N4O5/c1-6-7-9-16-21(23-18(33-4)10-8-11-19(23)34-5)24(31)22(25(32)27-16)17-12-15(28-29-17)13-20(30)26-14(2)3/h8,10-11,14H,6-7,9,12-13H2,1-5H3,(H,26,30)(H2,27,31,32). The molecule has 0 aliphatic carbocycles. The van der Waals surface area contributed by atoms with Crippen LogP contribution in [0.5, 0.6) is 17.2 Å². The molecule has 1 aromatic carbocycles. The fourth-order valence-electron chi connectivity index (χ4n) is 4.00. The van der Waals surface area contributed by atoms with E-state index < -0.39 is 5.56 Å². The highest BCUT2D eigenvalue weighted by Crippen LogP contribution is 2.45. The smallest absolute Gasteiger partial charge is 0.261 e. The normalized spacial score (nSPS) is 13.0. The molecule has 1 amide bonds. The number of H-pyrrole nitrogens is 1. The molecule has 0 bridgehead atoms. The Balaban J connectivity index is 2.08. The van der Waals surface area contributed by atoms with E-state index in [0.717, 1.165) is 12.8 Å². The Bertz CT molecular complexity index is 1160. The molecule has 2 heterocycles. The first kappa shape index (κ1) is 25.0. The Hall–Kier alpha value is -3.62. The highest BCUT2D eigenvalue weighted by atomic mass is 16.5. The van der Waals surface area contributed by atoms with Gasteiger partial charge < -0.3 is 24.9 Å². The highest BCUT2D eigenvalue weighted by molar-refractivity contribution is 6.19. The van der Waals surface area contributed by atoms with Crippen LogP contribution in [0.25, 0.3) is 11.1 Å². The summed E-state index contributed by atoms with van der Waals surface area (Å²) in [6.07, 6.45) is 2.55. The molecule has 3 rings (SSSR count). The van der Waals surface area contributed by atoms with Crippen molar-refractivity contribution in [3.8, 4) is 28.4 Å². The van der Waals surface area contributed by atoms with Gasteiger partial charge in [0.25, 0.3) is 5.56 Å². The fraction of sp³-hybridized carbons (Fsp3) is 0.440. The molecule has 182 valence electrons. The largest absolute Gasteiger partial charge is 0.506 e. The maximum absolute atomic E-state index is 13.1. The number of hydrogen-bond donors (Lipinski definition) is 3. The van der Waals surface area contributed by atoms with Gasteiger partial charge in [-0.25, -0.2) is 0 Å². The second-order valence-electron chi connectivity index (χ2n) is 8.46. The summed E-state index contributed by atoms with van der Waals surface area (Å²) < 4.78 is 11.1. The minimum absolute atomic E-state index is 0.0100. The van der Waals surface area contributed by atoms with E-state index in [1.54, 1.807) is 18.2 Å². The first-order chi connectivity index (χ1) is 16.3. The number of aryl methyl sites for hydroxylation is 1. The molecular formula is C25H32N4O5. The number of aromatic hydroxyl groups is 1. The zero-order chi connectivity index (χ0) is 24.8. The molecule has 0 radical (unpaired) electrons. The molecule has 9 heteroatoms. The number of benzene rings is 1. The van der Waals surface area contributed by atoms with Gasteiger partial charge >= 0.3 is 0 Å². The summed E-state index contributed by atoms with van der Waals surface area (Å²) in [6, 6.07) is 5.34. The van der Waals surface area contributed by atoms with E-state index in [4.69, 9.17) is 9.47 Å². The lowest BCUT2D eigenvalue weighted by Gasteiger charge is -2.19. The van der Waals surface area contributed by atoms with Crippen molar-refractivity contribution < 1.29 is 19.4 Å². The maximum Gasteiger partial charge on any atom is 0.261 e. The monoisotopic (exact) mass is 468 g/mol. The lowest BCUT2D eigenvalue weighted by atomic mass is 9.93. The van der Waals surface area contributed by atoms with Crippen LogP contribution in [0.3, 0.4) is 0 Å². The van der Waals surface area contributed by atoms with Crippen LogP contribution in [0, 0.1) is 0 Å². The van der Waals surface area contributed by atoms with Crippen molar-refractivity contribution in [3.63, 3.8) is 0 Å². The Morgan fingerprint density at radius 3 is 2.41 bits per heavy atom. The number of nitrogens with one attached hydrogen (secondary N) is 2. The molecule has 0 fully saturated rings. The van der Waals surface area contributed by atoms with Gasteiger partial charge in [0.15, 0.2) is 0 Å². The summed E-state index contributed by atoms with van der Waals surface area (Å²) in [5.74, 6) is 0.624. The van der Waals surface area contributed by atoms with Crippen LogP contribution in [-0.2, 0) is 11.2 Å². The Labute approximate surface area is 198 Å². The number of ether oxygens (including phenoxy) is 2. The average Bonchev–Trinajstić information content (AvgIpc) is 3.24. The number of amides is 1. The average molecular weight is 469 g/mol. The molecule has 34 heavy (non-hydrogen) atoms. The van der Waals surface area contributed by atoms with Crippen LogP contribution in [0.15, 0.2) is 33.2 Å². The van der Waals surface area contributed by atoms with Crippen molar-refractivity contribution in [2.24, 2.45) is 10.2 Å². The van der Waals surface area contributed by atoms with Crippen LogP contribution in [-0.4, -0.2) is 47.7 Å². The van der Waals surface area contributed by atoms with Gasteiger partial charge in [-0.2, -0.15) is 10.2 Å². The number of methoxy groups -OCH3 is 2. The van der Waals surface area contributed by atoms with Crippen LogP contribution >= 0.6 is 0 Å². The summed E-state index contributed by atoms with van der Waals surface area (Å²) in [5.41, 5.74) is 1.98. The minimum atomic E-state index is -0.456. The molecule has 0 unspecified atom stereocenters. The van der Waals surface area contributed by atoms with Crippen molar-refractivity contribution >= 4 is 17.3 Å². The summed E-state index contributed by atoms with van der Waals surface area (Å²) in [5, 5.41) is 22.5. The number of unbranched alkanes of at least 4 members (excludes halogenated alkanes) is 1. The van der Waals surface area contributed by atoms with Gasteiger partial charge in [0.2, 0.25) is 5.91 Å². The van der Waals surface area contributed by atoms with Crippen LogP contribution in [0.2, 0.25) is 0 Å². The predicted molar refractivity (Wildman–Crippen MR) is 132 cm³/mol. The molecule has 1 aromatic heterocycles. The van der Waals surface area contributed by atoms with Crippen molar-refractivity contribution in [3.05, 3.63) is 39.8 Å². The summed E-state index contributed by atoms with van der Waals surface area (Å²) in [7, 11) is 3.08. The molecule has 0 atom stereocenters. The Kier molecular flexibility index (Phi) is 8.09. The van der Waals surface area contributed by atoms with E-state index in [9.17, 15) is 14.7 Å². The number of nitrogens with zero attached hydrogens (tertiary/aromatic N) is 2. The summed E-state index contributed by atoms with van der Waals surface area (Å²) >= 11 is 0. The van der Waals surface area contributed by atoms with E-state index in [-0.39, 0.29) is 36.1 Å². The summed E-state index contributed by atoms with van der Waals surface area (Å²) in [4.78, 5) is 28.2. The maximum atomic E-state index is 13.1. The Morgan fingerprint density at radius 1 is 1.15 bits per heavy atom. The number of carbonyl (C=O) groups is 1. The third-order valence-electron chi connectivity index (χ3n) is 5.51. The van der Waals surface area contributed by atoms with Crippen LogP contribution in [0.1, 0.15) is 57.7 Å². The van der Waals surface area contributed by atoms with Gasteiger partial charge in [0, 0.05) is 18.2 Å². The second-order valence-corrected chi connectivity index (χ2v) is 8.46. The summed E-state index contributed by atoms with van der Waals surface area (Å²) in [6.45, 7) is 5.81. The predicted octanol–water partition coefficient (Wildman–Crippen LogP) is 3.57. The molecular weight excluding hydrogens is 436 g/mol. The van der Waals surface area contributed by atoms with Crippen molar-refractivity contribution in [2.45, 2.75) is 58.9 Å². The van der Waals surface area contributed by atoms with Gasteiger partial charge in [0.05, 0.1) is 43.2 Å². The molecule has 1 aliphatic rings. The molecule has 3 N–H and O–H groups in total. The number of rotatable bonds is 10. The van der Waals surface area contributed by atoms with Crippen LogP contribution < -0.4 is 20.3 Å². The second kappa shape index (κ2) is 11.0. The van der Waals surface area contributed by atoms with E-state index in [0.29, 0.717) is 46.2 Å². The van der Waals surface area contributed by atoms with E-state index in [2.05, 4.69) is 27.4 Å². The van der Waals surface area contributed by atoms with Gasteiger partial charge in [-0.1, -0.05) is 19.4 Å². The van der Waals surface area contributed by atoms with Crippen molar-refractivity contribution in [1.29, 1.82) is 0 Å². The minimum Gasteiger partial charge on any atom is -0.506 e. The SMILES string of the molecule is CCCCc1[nH]c(=O)c(C2=NN=C(CC(=O)NC(C)C)C2)c(O)c1-c1c(OC)cccc1OC.